The average molecular weight is 320 g/mol. The minimum absolute atomic E-state index is 0.0851. The number of carbonyl (C=O) groups is 1. The Morgan fingerprint density at radius 1 is 1.39 bits per heavy atom. The average Bonchev–Trinajstić information content (AvgIpc) is 2.83. The van der Waals surface area contributed by atoms with Crippen LogP contribution in [0.4, 0.5) is 0 Å². The molecule has 1 aliphatic carbocycles. The van der Waals surface area contributed by atoms with Crippen molar-refractivity contribution in [3.05, 3.63) is 23.7 Å². The summed E-state index contributed by atoms with van der Waals surface area (Å²) in [6, 6.07) is 3.88. The fraction of sp³-hybridized carbons (Fsp3) is 0.722. The molecule has 1 amide bonds. The molecule has 0 aromatic carbocycles. The molecule has 1 saturated carbocycles. The van der Waals surface area contributed by atoms with Gasteiger partial charge in [0.25, 0.3) is 5.91 Å². The van der Waals surface area contributed by atoms with Gasteiger partial charge in [-0.15, -0.1) is 0 Å². The lowest BCUT2D eigenvalue weighted by Crippen LogP contribution is -2.59. The molecule has 2 aliphatic rings. The van der Waals surface area contributed by atoms with Crippen LogP contribution in [0.5, 0.6) is 0 Å². The molecule has 128 valence electrons. The molecule has 0 radical (unpaired) electrons. The van der Waals surface area contributed by atoms with E-state index < -0.39 is 5.60 Å². The molecule has 1 N–H and O–H groups in total. The van der Waals surface area contributed by atoms with Crippen molar-refractivity contribution >= 4 is 5.91 Å². The van der Waals surface area contributed by atoms with Crippen LogP contribution in [0.25, 0.3) is 0 Å². The van der Waals surface area contributed by atoms with E-state index in [-0.39, 0.29) is 5.91 Å². The maximum absolute atomic E-state index is 12.7. The van der Waals surface area contributed by atoms with Crippen molar-refractivity contribution in [3.63, 3.8) is 0 Å². The predicted molar refractivity (Wildman–Crippen MR) is 87.9 cm³/mol. The molecule has 2 fully saturated rings. The Morgan fingerprint density at radius 2 is 2.17 bits per heavy atom. The summed E-state index contributed by atoms with van der Waals surface area (Å²) in [5.74, 6) is 2.30. The van der Waals surface area contributed by atoms with Crippen molar-refractivity contribution in [2.45, 2.75) is 51.2 Å². The van der Waals surface area contributed by atoms with Crippen LogP contribution in [0.2, 0.25) is 0 Å². The Hall–Kier alpha value is -1.33. The number of likely N-dealkylation sites (N-methyl/N-ethyl adjacent to an activating group) is 1. The Bertz CT molecular complexity index is 552. The van der Waals surface area contributed by atoms with Gasteiger partial charge in [-0.25, -0.2) is 0 Å². The highest BCUT2D eigenvalue weighted by Crippen LogP contribution is 2.30. The van der Waals surface area contributed by atoms with Crippen LogP contribution in [0.3, 0.4) is 0 Å². The smallest absolute Gasteiger partial charge is 0.255 e. The second-order valence-electron chi connectivity index (χ2n) is 7.37. The van der Waals surface area contributed by atoms with Crippen molar-refractivity contribution in [1.82, 2.24) is 9.80 Å². The van der Waals surface area contributed by atoms with Gasteiger partial charge in [-0.3, -0.25) is 9.69 Å². The van der Waals surface area contributed by atoms with E-state index in [1.165, 1.54) is 19.3 Å². The van der Waals surface area contributed by atoms with Crippen LogP contribution < -0.4 is 0 Å². The molecule has 3 rings (SSSR count). The first kappa shape index (κ1) is 16.5. The molecule has 1 aromatic heterocycles. The Balaban J connectivity index is 1.58. The van der Waals surface area contributed by atoms with E-state index >= 15 is 0 Å². The van der Waals surface area contributed by atoms with Gasteiger partial charge in [0.1, 0.15) is 11.5 Å². The largest absolute Gasteiger partial charge is 0.465 e. The minimum atomic E-state index is -1.25. The zero-order valence-electron chi connectivity index (χ0n) is 14.3. The van der Waals surface area contributed by atoms with E-state index in [0.29, 0.717) is 25.4 Å². The van der Waals surface area contributed by atoms with E-state index in [9.17, 15) is 9.90 Å². The standard InChI is InChI=1S/C18H28N2O3/c1-14-7-8-16(23-14)12-19(2)13-18(22)9-4-10-20(17(18)21)11-15-5-3-6-15/h7-8,15,22H,3-6,9-13H2,1-2H3/t18-/m0/s1. The van der Waals surface area contributed by atoms with Crippen molar-refractivity contribution in [2.75, 3.05) is 26.7 Å². The van der Waals surface area contributed by atoms with E-state index in [1.54, 1.807) is 0 Å². The maximum Gasteiger partial charge on any atom is 0.255 e. The highest BCUT2D eigenvalue weighted by atomic mass is 16.3. The van der Waals surface area contributed by atoms with Crippen LogP contribution in [-0.4, -0.2) is 53.1 Å². The first-order valence-corrected chi connectivity index (χ1v) is 8.72. The van der Waals surface area contributed by atoms with Gasteiger partial charge in [0.15, 0.2) is 5.60 Å². The first-order chi connectivity index (χ1) is 11.0. The molecule has 0 spiro atoms. The fourth-order valence-electron chi connectivity index (χ4n) is 3.71. The van der Waals surface area contributed by atoms with E-state index in [4.69, 9.17) is 4.42 Å². The molecule has 2 heterocycles. The summed E-state index contributed by atoms with van der Waals surface area (Å²) < 4.78 is 5.58. The van der Waals surface area contributed by atoms with Crippen LogP contribution in [0, 0.1) is 12.8 Å². The zero-order chi connectivity index (χ0) is 16.4. The number of nitrogens with zero attached hydrogens (tertiary/aromatic N) is 2. The van der Waals surface area contributed by atoms with Crippen LogP contribution in [0.15, 0.2) is 16.5 Å². The van der Waals surface area contributed by atoms with Crippen molar-refractivity contribution < 1.29 is 14.3 Å². The summed E-state index contributed by atoms with van der Waals surface area (Å²) in [6.45, 7) is 4.49. The summed E-state index contributed by atoms with van der Waals surface area (Å²) in [5, 5.41) is 10.9. The number of likely N-dealkylation sites (tertiary alicyclic amines) is 1. The van der Waals surface area contributed by atoms with Gasteiger partial charge in [0.05, 0.1) is 6.54 Å². The summed E-state index contributed by atoms with van der Waals surface area (Å²) in [5.41, 5.74) is -1.25. The second kappa shape index (κ2) is 6.65. The molecule has 5 heteroatoms. The van der Waals surface area contributed by atoms with Gasteiger partial charge in [-0.05, 0) is 57.7 Å². The second-order valence-corrected chi connectivity index (χ2v) is 7.37. The summed E-state index contributed by atoms with van der Waals surface area (Å²) in [7, 11) is 1.92. The third-order valence-corrected chi connectivity index (χ3v) is 5.16. The molecular formula is C18H28N2O3. The topological polar surface area (TPSA) is 56.9 Å². The molecule has 1 saturated heterocycles. The lowest BCUT2D eigenvalue weighted by molar-refractivity contribution is -0.160. The van der Waals surface area contributed by atoms with Gasteiger partial charge in [-0.2, -0.15) is 0 Å². The molecule has 23 heavy (non-hydrogen) atoms. The molecular weight excluding hydrogens is 292 g/mol. The van der Waals surface area contributed by atoms with Crippen LogP contribution in [-0.2, 0) is 11.3 Å². The molecule has 1 atom stereocenters. The normalized spacial score (nSPS) is 25.9. The zero-order valence-corrected chi connectivity index (χ0v) is 14.3. The van der Waals surface area contributed by atoms with Crippen molar-refractivity contribution in [1.29, 1.82) is 0 Å². The highest BCUT2D eigenvalue weighted by molar-refractivity contribution is 5.86. The van der Waals surface area contributed by atoms with Gasteiger partial charge in [-0.1, -0.05) is 6.42 Å². The summed E-state index contributed by atoms with van der Waals surface area (Å²) in [6.07, 6.45) is 5.15. The number of amides is 1. The monoisotopic (exact) mass is 320 g/mol. The summed E-state index contributed by atoms with van der Waals surface area (Å²) in [4.78, 5) is 16.6. The molecule has 1 aliphatic heterocycles. The number of carbonyl (C=O) groups excluding carboxylic acids is 1. The lowest BCUT2D eigenvalue weighted by atomic mass is 9.83. The minimum Gasteiger partial charge on any atom is -0.465 e. The van der Waals surface area contributed by atoms with Crippen LogP contribution in [0.1, 0.15) is 43.6 Å². The van der Waals surface area contributed by atoms with E-state index in [0.717, 1.165) is 31.0 Å². The molecule has 0 bridgehead atoms. The number of rotatable bonds is 6. The maximum atomic E-state index is 12.7. The quantitative estimate of drug-likeness (QED) is 0.873. The van der Waals surface area contributed by atoms with E-state index in [1.807, 2.05) is 35.9 Å². The fourth-order valence-corrected chi connectivity index (χ4v) is 3.71. The number of piperidine rings is 1. The number of aryl methyl sites for hydroxylation is 1. The van der Waals surface area contributed by atoms with Gasteiger partial charge in [0.2, 0.25) is 0 Å². The Labute approximate surface area is 138 Å². The predicted octanol–water partition coefficient (Wildman–Crippen LogP) is 2.17. The molecule has 5 nitrogen and oxygen atoms in total. The third kappa shape index (κ3) is 3.78. The number of hydrogen-bond donors (Lipinski definition) is 1. The number of hydrogen-bond acceptors (Lipinski definition) is 4. The third-order valence-electron chi connectivity index (χ3n) is 5.16. The number of furan rings is 1. The van der Waals surface area contributed by atoms with Gasteiger partial charge < -0.3 is 14.4 Å². The number of aliphatic hydroxyl groups is 1. The molecule has 0 unspecified atom stereocenters. The highest BCUT2D eigenvalue weighted by Gasteiger charge is 2.43. The van der Waals surface area contributed by atoms with Crippen LogP contribution >= 0.6 is 0 Å². The van der Waals surface area contributed by atoms with Crippen molar-refractivity contribution in [2.24, 2.45) is 5.92 Å². The van der Waals surface area contributed by atoms with Gasteiger partial charge >= 0.3 is 0 Å². The summed E-state index contributed by atoms with van der Waals surface area (Å²) >= 11 is 0. The van der Waals surface area contributed by atoms with Crippen molar-refractivity contribution in [3.8, 4) is 0 Å². The Kier molecular flexibility index (Phi) is 4.78. The van der Waals surface area contributed by atoms with E-state index in [2.05, 4.69) is 0 Å². The lowest BCUT2D eigenvalue weighted by Gasteiger charge is -2.42. The first-order valence-electron chi connectivity index (χ1n) is 8.72. The SMILES string of the molecule is Cc1ccc(CN(C)C[C@@]2(O)CCCN(CC3CCC3)C2=O)o1. The van der Waals surface area contributed by atoms with Gasteiger partial charge in [0, 0.05) is 19.6 Å². The Morgan fingerprint density at radius 3 is 2.78 bits per heavy atom. The molecule has 1 aromatic rings.